The lowest BCUT2D eigenvalue weighted by molar-refractivity contribution is -0.153. The van der Waals surface area contributed by atoms with Crippen LogP contribution in [0.3, 0.4) is 0 Å². The van der Waals surface area contributed by atoms with Gasteiger partial charge in [-0.1, -0.05) is 29.3 Å². The molecule has 3 amide bonds. The van der Waals surface area contributed by atoms with E-state index in [9.17, 15) is 24.3 Å². The molecule has 0 aromatic heterocycles. The second-order valence-corrected chi connectivity index (χ2v) is 8.98. The van der Waals surface area contributed by atoms with Crippen molar-refractivity contribution in [2.24, 2.45) is 0 Å². The van der Waals surface area contributed by atoms with E-state index < -0.39 is 12.0 Å². The van der Waals surface area contributed by atoms with E-state index in [1.165, 1.54) is 15.9 Å². The number of nitrogens with zero attached hydrogens (tertiary/aromatic N) is 3. The highest BCUT2D eigenvalue weighted by atomic mass is 35.5. The smallest absolute Gasteiger partial charge is 0.326 e. The fraction of sp³-hybridized carbons (Fsp3) is 0.478. The Morgan fingerprint density at radius 3 is 2.36 bits per heavy atom. The Labute approximate surface area is 202 Å². The minimum Gasteiger partial charge on any atom is -0.480 e. The average Bonchev–Trinajstić information content (AvgIpc) is 3.00. The van der Waals surface area contributed by atoms with Crippen molar-refractivity contribution in [3.05, 3.63) is 39.9 Å². The number of carboxylic acids is 1. The first-order valence-corrected chi connectivity index (χ1v) is 11.7. The van der Waals surface area contributed by atoms with Crippen LogP contribution in [0.2, 0.25) is 10.0 Å². The second kappa shape index (κ2) is 11.5. The molecular weight excluding hydrogens is 469 g/mol. The summed E-state index contributed by atoms with van der Waals surface area (Å²) in [5.74, 6) is -2.14. The van der Waals surface area contributed by atoms with E-state index in [2.05, 4.69) is 0 Å². The van der Waals surface area contributed by atoms with E-state index in [0.717, 1.165) is 19.3 Å². The number of aliphatic carboxylic acids is 1. The monoisotopic (exact) mass is 495 g/mol. The van der Waals surface area contributed by atoms with Crippen molar-refractivity contribution in [1.82, 2.24) is 14.7 Å². The first-order valence-electron chi connectivity index (χ1n) is 11.0. The molecule has 2 fully saturated rings. The maximum Gasteiger partial charge on any atom is 0.326 e. The van der Waals surface area contributed by atoms with Crippen LogP contribution in [0.4, 0.5) is 0 Å². The zero-order chi connectivity index (χ0) is 24.0. The molecule has 3 rings (SSSR count). The molecule has 8 nitrogen and oxygen atoms in total. The summed E-state index contributed by atoms with van der Waals surface area (Å²) in [7, 11) is 0. The zero-order valence-corrected chi connectivity index (χ0v) is 19.7. The van der Waals surface area contributed by atoms with Gasteiger partial charge in [-0.25, -0.2) is 4.79 Å². The Morgan fingerprint density at radius 2 is 1.70 bits per heavy atom. The van der Waals surface area contributed by atoms with Crippen LogP contribution in [0.25, 0.3) is 6.08 Å². The highest BCUT2D eigenvalue weighted by molar-refractivity contribution is 6.42. The van der Waals surface area contributed by atoms with Crippen LogP contribution in [0, 0.1) is 0 Å². The summed E-state index contributed by atoms with van der Waals surface area (Å²) in [6.45, 7) is 1.64. The molecule has 2 aliphatic heterocycles. The first-order chi connectivity index (χ1) is 15.8. The molecule has 0 aliphatic carbocycles. The van der Waals surface area contributed by atoms with Crippen LogP contribution in [0.15, 0.2) is 24.3 Å². The lowest BCUT2D eigenvalue weighted by Gasteiger charge is -2.31. The predicted molar refractivity (Wildman–Crippen MR) is 125 cm³/mol. The number of likely N-dealkylation sites (tertiary alicyclic amines) is 1. The molecule has 0 radical (unpaired) electrons. The van der Waals surface area contributed by atoms with Gasteiger partial charge in [0.15, 0.2) is 0 Å². The van der Waals surface area contributed by atoms with E-state index in [0.29, 0.717) is 28.7 Å². The van der Waals surface area contributed by atoms with Crippen molar-refractivity contribution in [2.75, 3.05) is 32.7 Å². The minimum atomic E-state index is -1.24. The number of carbonyl (C=O) groups is 4. The van der Waals surface area contributed by atoms with Crippen LogP contribution in [0.1, 0.15) is 37.7 Å². The molecular formula is C23H27Cl2N3O5. The fourth-order valence-corrected chi connectivity index (χ4v) is 4.35. The van der Waals surface area contributed by atoms with Gasteiger partial charge in [0.2, 0.25) is 17.7 Å². The number of hydrogen-bond acceptors (Lipinski definition) is 4. The van der Waals surface area contributed by atoms with Gasteiger partial charge in [-0.05, 0) is 43.0 Å². The summed E-state index contributed by atoms with van der Waals surface area (Å²) >= 11 is 11.9. The molecule has 1 N–H and O–H groups in total. The molecule has 2 saturated heterocycles. The van der Waals surface area contributed by atoms with Gasteiger partial charge in [-0.2, -0.15) is 0 Å². The van der Waals surface area contributed by atoms with Gasteiger partial charge in [0.05, 0.1) is 16.5 Å². The SMILES string of the molecule is O=C(O)C(CC(=O)N1CCCCC1)N1CCN(C(=O)/C=C/c2ccc(Cl)c(Cl)c2)CCC1=O. The summed E-state index contributed by atoms with van der Waals surface area (Å²) in [4.78, 5) is 54.3. The topological polar surface area (TPSA) is 98.2 Å². The van der Waals surface area contributed by atoms with Crippen molar-refractivity contribution < 1.29 is 24.3 Å². The Morgan fingerprint density at radius 1 is 0.970 bits per heavy atom. The van der Waals surface area contributed by atoms with Crippen molar-refractivity contribution in [2.45, 2.75) is 38.1 Å². The standard InChI is InChI=1S/C23H27Cl2N3O5/c24-17-6-4-16(14-18(17)25)5-7-20(29)27-11-8-21(30)28(13-12-27)19(23(32)33)15-22(31)26-9-2-1-3-10-26/h4-7,14,19H,1-3,8-13,15H2,(H,32,33)/b7-5+. The van der Waals surface area contributed by atoms with Gasteiger partial charge in [0, 0.05) is 45.2 Å². The largest absolute Gasteiger partial charge is 0.480 e. The fourth-order valence-electron chi connectivity index (χ4n) is 4.05. The van der Waals surface area contributed by atoms with E-state index in [4.69, 9.17) is 23.2 Å². The van der Waals surface area contributed by atoms with Gasteiger partial charge in [-0.3, -0.25) is 14.4 Å². The van der Waals surface area contributed by atoms with E-state index in [1.807, 2.05) is 0 Å². The number of halogens is 2. The summed E-state index contributed by atoms with van der Waals surface area (Å²) in [6, 6.07) is 3.75. The molecule has 1 unspecified atom stereocenters. The molecule has 1 atom stereocenters. The number of hydrogen-bond donors (Lipinski definition) is 1. The molecule has 0 bridgehead atoms. The van der Waals surface area contributed by atoms with Crippen LogP contribution in [-0.2, 0) is 19.2 Å². The van der Waals surface area contributed by atoms with E-state index in [-0.39, 0.29) is 50.2 Å². The summed E-state index contributed by atoms with van der Waals surface area (Å²) < 4.78 is 0. The normalized spacial score (nSPS) is 18.4. The molecule has 1 aromatic carbocycles. The Hall–Kier alpha value is -2.58. The number of rotatable bonds is 6. The Kier molecular flexibility index (Phi) is 8.74. The maximum atomic E-state index is 12.7. The van der Waals surface area contributed by atoms with Gasteiger partial charge in [0.25, 0.3) is 0 Å². The second-order valence-electron chi connectivity index (χ2n) is 8.17. The Balaban J connectivity index is 1.63. The van der Waals surface area contributed by atoms with E-state index >= 15 is 0 Å². The minimum absolute atomic E-state index is 0.00591. The van der Waals surface area contributed by atoms with Crippen LogP contribution < -0.4 is 0 Å². The molecule has 0 spiro atoms. The van der Waals surface area contributed by atoms with Gasteiger partial charge in [0.1, 0.15) is 6.04 Å². The third-order valence-electron chi connectivity index (χ3n) is 5.94. The predicted octanol–water partition coefficient (Wildman–Crippen LogP) is 2.92. The van der Waals surface area contributed by atoms with Gasteiger partial charge < -0.3 is 19.8 Å². The van der Waals surface area contributed by atoms with Crippen LogP contribution in [0.5, 0.6) is 0 Å². The Bertz CT molecular complexity index is 946. The van der Waals surface area contributed by atoms with Crippen molar-refractivity contribution in [1.29, 1.82) is 0 Å². The quantitative estimate of drug-likeness (QED) is 0.611. The molecule has 1 aromatic rings. The third-order valence-corrected chi connectivity index (χ3v) is 6.68. The lowest BCUT2D eigenvalue weighted by Crippen LogP contribution is -2.49. The van der Waals surface area contributed by atoms with Crippen molar-refractivity contribution in [3.63, 3.8) is 0 Å². The average molecular weight is 496 g/mol. The third kappa shape index (κ3) is 6.71. The van der Waals surface area contributed by atoms with Crippen molar-refractivity contribution in [3.8, 4) is 0 Å². The van der Waals surface area contributed by atoms with Crippen LogP contribution in [-0.4, -0.2) is 82.3 Å². The van der Waals surface area contributed by atoms with Gasteiger partial charge in [-0.15, -0.1) is 0 Å². The summed E-state index contributed by atoms with van der Waals surface area (Å²) in [5, 5.41) is 10.5. The van der Waals surface area contributed by atoms with Crippen molar-refractivity contribution >= 4 is 53.0 Å². The highest BCUT2D eigenvalue weighted by Crippen LogP contribution is 2.23. The van der Waals surface area contributed by atoms with E-state index in [1.54, 1.807) is 29.2 Å². The number of carbonyl (C=O) groups excluding carboxylic acids is 3. The summed E-state index contributed by atoms with van der Waals surface area (Å²) in [6.07, 6.45) is 5.58. The summed E-state index contributed by atoms with van der Waals surface area (Å²) in [5.41, 5.74) is 0.701. The molecule has 0 saturated carbocycles. The zero-order valence-electron chi connectivity index (χ0n) is 18.2. The van der Waals surface area contributed by atoms with Crippen LogP contribution >= 0.6 is 23.2 Å². The van der Waals surface area contributed by atoms with Gasteiger partial charge >= 0.3 is 5.97 Å². The first kappa shape index (κ1) is 25.1. The molecule has 2 aliphatic rings. The highest BCUT2D eigenvalue weighted by Gasteiger charge is 2.35. The molecule has 2 heterocycles. The molecule has 10 heteroatoms. The number of carboxylic acid groups (broad SMARTS) is 1. The molecule has 33 heavy (non-hydrogen) atoms. The number of piperidine rings is 1. The maximum absolute atomic E-state index is 12.7. The molecule has 178 valence electrons. The number of amides is 3. The lowest BCUT2D eigenvalue weighted by atomic mass is 10.1. The number of benzene rings is 1.